The summed E-state index contributed by atoms with van der Waals surface area (Å²) in [6, 6.07) is 7.98. The molecule has 0 saturated carbocycles. The highest BCUT2D eigenvalue weighted by atomic mass is 16.1. The van der Waals surface area contributed by atoms with Gasteiger partial charge in [-0.25, -0.2) is 0 Å². The van der Waals surface area contributed by atoms with Gasteiger partial charge in [0.2, 0.25) is 0 Å². The van der Waals surface area contributed by atoms with Crippen LogP contribution in [0.15, 0.2) is 24.3 Å². The van der Waals surface area contributed by atoms with Gasteiger partial charge < -0.3 is 10.2 Å². The third-order valence-electron chi connectivity index (χ3n) is 3.10. The van der Waals surface area contributed by atoms with Gasteiger partial charge in [0.1, 0.15) is 0 Å². The highest BCUT2D eigenvalue weighted by Gasteiger charge is 2.05. The summed E-state index contributed by atoms with van der Waals surface area (Å²) in [6.45, 7) is 3.75. The molecule has 1 N–H and O–H groups in total. The van der Waals surface area contributed by atoms with Gasteiger partial charge in [-0.15, -0.1) is 0 Å². The predicted molar refractivity (Wildman–Crippen MR) is 80.6 cm³/mol. The lowest BCUT2D eigenvalue weighted by atomic mass is 10.0. The monoisotopic (exact) mass is 262 g/mol. The molecule has 3 heteroatoms. The minimum Gasteiger partial charge on any atom is -0.351 e. The van der Waals surface area contributed by atoms with E-state index in [1.54, 1.807) is 0 Å². The molecular formula is C16H26N2O. The van der Waals surface area contributed by atoms with Crippen molar-refractivity contribution in [3.05, 3.63) is 35.4 Å². The van der Waals surface area contributed by atoms with Crippen molar-refractivity contribution in [1.29, 1.82) is 0 Å². The van der Waals surface area contributed by atoms with Gasteiger partial charge >= 0.3 is 0 Å². The first-order valence-corrected chi connectivity index (χ1v) is 7.15. The Balaban J connectivity index is 2.48. The predicted octanol–water partition coefficient (Wildman–Crippen LogP) is 2.71. The van der Waals surface area contributed by atoms with Crippen molar-refractivity contribution in [1.82, 2.24) is 10.2 Å². The SMILES string of the molecule is CCCCCc1cccc(C(=O)NCCN(C)C)c1. The van der Waals surface area contributed by atoms with Gasteiger partial charge in [-0.05, 0) is 44.6 Å². The molecule has 0 heterocycles. The van der Waals surface area contributed by atoms with Crippen molar-refractivity contribution < 1.29 is 4.79 Å². The summed E-state index contributed by atoms with van der Waals surface area (Å²) in [5.41, 5.74) is 2.03. The second kappa shape index (κ2) is 8.70. The summed E-state index contributed by atoms with van der Waals surface area (Å²) >= 11 is 0. The largest absolute Gasteiger partial charge is 0.351 e. The molecule has 19 heavy (non-hydrogen) atoms. The number of benzene rings is 1. The summed E-state index contributed by atoms with van der Waals surface area (Å²) in [5.74, 6) is 0.0270. The zero-order valence-electron chi connectivity index (χ0n) is 12.4. The van der Waals surface area contributed by atoms with Gasteiger partial charge in [-0.1, -0.05) is 31.9 Å². The van der Waals surface area contributed by atoms with Crippen LogP contribution in [-0.4, -0.2) is 38.0 Å². The molecule has 0 atom stereocenters. The standard InChI is InChI=1S/C16H26N2O/c1-4-5-6-8-14-9-7-10-15(13-14)16(19)17-11-12-18(2)3/h7,9-10,13H,4-6,8,11-12H2,1-3H3,(H,17,19). The maximum Gasteiger partial charge on any atom is 0.251 e. The number of hydrogen-bond acceptors (Lipinski definition) is 2. The van der Waals surface area contributed by atoms with E-state index in [1.165, 1.54) is 24.8 Å². The summed E-state index contributed by atoms with van der Waals surface area (Å²) < 4.78 is 0. The van der Waals surface area contributed by atoms with Crippen LogP contribution in [0, 0.1) is 0 Å². The molecule has 1 aromatic carbocycles. The molecule has 0 aliphatic rings. The fourth-order valence-corrected chi connectivity index (χ4v) is 1.94. The fraction of sp³-hybridized carbons (Fsp3) is 0.562. The molecule has 0 unspecified atom stereocenters. The highest BCUT2D eigenvalue weighted by molar-refractivity contribution is 5.94. The van der Waals surface area contributed by atoms with Crippen LogP contribution >= 0.6 is 0 Å². The molecular weight excluding hydrogens is 236 g/mol. The maximum absolute atomic E-state index is 12.0. The van der Waals surface area contributed by atoms with E-state index in [2.05, 4.69) is 23.2 Å². The molecule has 0 bridgehead atoms. The van der Waals surface area contributed by atoms with Crippen molar-refractivity contribution in [2.45, 2.75) is 32.6 Å². The van der Waals surface area contributed by atoms with E-state index < -0.39 is 0 Å². The number of nitrogens with zero attached hydrogens (tertiary/aromatic N) is 1. The zero-order valence-corrected chi connectivity index (χ0v) is 12.4. The number of carbonyl (C=O) groups is 1. The summed E-state index contributed by atoms with van der Waals surface area (Å²) in [7, 11) is 4.00. The van der Waals surface area contributed by atoms with E-state index in [-0.39, 0.29) is 5.91 Å². The molecule has 0 saturated heterocycles. The Morgan fingerprint density at radius 2 is 2.05 bits per heavy atom. The lowest BCUT2D eigenvalue weighted by Gasteiger charge is -2.11. The lowest BCUT2D eigenvalue weighted by molar-refractivity contribution is 0.0951. The number of unbranched alkanes of at least 4 members (excludes halogenated alkanes) is 2. The van der Waals surface area contributed by atoms with E-state index in [0.29, 0.717) is 6.54 Å². The number of aryl methyl sites for hydroxylation is 1. The molecule has 1 rings (SSSR count). The van der Waals surface area contributed by atoms with Gasteiger partial charge in [0.15, 0.2) is 0 Å². The third kappa shape index (κ3) is 6.39. The Morgan fingerprint density at radius 3 is 2.74 bits per heavy atom. The number of carbonyl (C=O) groups excluding carboxylic acids is 1. The number of rotatable bonds is 8. The Kier molecular flexibility index (Phi) is 7.19. The molecule has 0 radical (unpaired) electrons. The quantitative estimate of drug-likeness (QED) is 0.731. The maximum atomic E-state index is 12.0. The van der Waals surface area contributed by atoms with Crippen LogP contribution < -0.4 is 5.32 Å². The smallest absolute Gasteiger partial charge is 0.251 e. The van der Waals surface area contributed by atoms with Crippen molar-refractivity contribution in [3.8, 4) is 0 Å². The van der Waals surface area contributed by atoms with E-state index in [0.717, 1.165) is 18.5 Å². The fourth-order valence-electron chi connectivity index (χ4n) is 1.94. The van der Waals surface area contributed by atoms with Crippen molar-refractivity contribution in [3.63, 3.8) is 0 Å². The second-order valence-electron chi connectivity index (χ2n) is 5.22. The summed E-state index contributed by atoms with van der Waals surface area (Å²) in [4.78, 5) is 14.0. The van der Waals surface area contributed by atoms with E-state index in [1.807, 2.05) is 32.3 Å². The number of likely N-dealkylation sites (N-methyl/N-ethyl adjacent to an activating group) is 1. The average Bonchev–Trinajstić information content (AvgIpc) is 2.39. The van der Waals surface area contributed by atoms with Crippen LogP contribution in [0.4, 0.5) is 0 Å². The molecule has 1 amide bonds. The first-order valence-electron chi connectivity index (χ1n) is 7.15. The normalized spacial score (nSPS) is 10.7. The number of nitrogens with one attached hydrogen (secondary N) is 1. The van der Waals surface area contributed by atoms with E-state index >= 15 is 0 Å². The van der Waals surface area contributed by atoms with Gasteiger partial charge in [-0.3, -0.25) is 4.79 Å². The van der Waals surface area contributed by atoms with Crippen LogP contribution in [0.25, 0.3) is 0 Å². The number of hydrogen-bond donors (Lipinski definition) is 1. The zero-order chi connectivity index (χ0) is 14.1. The molecule has 3 nitrogen and oxygen atoms in total. The van der Waals surface area contributed by atoms with Crippen molar-refractivity contribution in [2.75, 3.05) is 27.2 Å². The van der Waals surface area contributed by atoms with E-state index in [9.17, 15) is 4.79 Å². The van der Waals surface area contributed by atoms with Crippen LogP contribution in [0.1, 0.15) is 42.1 Å². The highest BCUT2D eigenvalue weighted by Crippen LogP contribution is 2.09. The second-order valence-corrected chi connectivity index (χ2v) is 5.22. The third-order valence-corrected chi connectivity index (χ3v) is 3.10. The van der Waals surface area contributed by atoms with E-state index in [4.69, 9.17) is 0 Å². The first-order chi connectivity index (χ1) is 9.13. The molecule has 1 aromatic rings. The Morgan fingerprint density at radius 1 is 1.26 bits per heavy atom. The van der Waals surface area contributed by atoms with Crippen LogP contribution in [0.5, 0.6) is 0 Å². The molecule has 0 aliphatic carbocycles. The van der Waals surface area contributed by atoms with Gasteiger partial charge in [-0.2, -0.15) is 0 Å². The Hall–Kier alpha value is -1.35. The topological polar surface area (TPSA) is 32.3 Å². The van der Waals surface area contributed by atoms with Crippen molar-refractivity contribution >= 4 is 5.91 Å². The van der Waals surface area contributed by atoms with Crippen LogP contribution in [0.2, 0.25) is 0 Å². The van der Waals surface area contributed by atoms with Gasteiger partial charge in [0.25, 0.3) is 5.91 Å². The Bertz CT molecular complexity index is 388. The van der Waals surface area contributed by atoms with Crippen LogP contribution in [0.3, 0.4) is 0 Å². The number of amides is 1. The van der Waals surface area contributed by atoms with Gasteiger partial charge in [0, 0.05) is 18.7 Å². The minimum atomic E-state index is 0.0270. The molecule has 0 aliphatic heterocycles. The summed E-state index contributed by atoms with van der Waals surface area (Å²) in [5, 5.41) is 2.94. The summed E-state index contributed by atoms with van der Waals surface area (Å²) in [6.07, 6.45) is 4.73. The van der Waals surface area contributed by atoms with Crippen molar-refractivity contribution in [2.24, 2.45) is 0 Å². The molecule has 106 valence electrons. The first kappa shape index (κ1) is 15.7. The van der Waals surface area contributed by atoms with Gasteiger partial charge in [0.05, 0.1) is 0 Å². The minimum absolute atomic E-state index is 0.0270. The van der Waals surface area contributed by atoms with Crippen LogP contribution in [-0.2, 0) is 6.42 Å². The average molecular weight is 262 g/mol. The molecule has 0 fully saturated rings. The molecule has 0 spiro atoms. The Labute approximate surface area is 117 Å². The molecule has 0 aromatic heterocycles. The lowest BCUT2D eigenvalue weighted by Crippen LogP contribution is -2.31.